The van der Waals surface area contributed by atoms with Gasteiger partial charge in [0.05, 0.1) is 12.7 Å². The molecule has 1 aliphatic carbocycles. The third-order valence-electron chi connectivity index (χ3n) is 2.44. The Bertz CT molecular complexity index is 331. The van der Waals surface area contributed by atoms with Gasteiger partial charge >= 0.3 is 0 Å². The van der Waals surface area contributed by atoms with Crippen molar-refractivity contribution in [3.8, 4) is 0 Å². The predicted molar refractivity (Wildman–Crippen MR) is 51.3 cm³/mol. The minimum absolute atomic E-state index is 0.0406. The summed E-state index contributed by atoms with van der Waals surface area (Å²) >= 11 is 0. The fourth-order valence-corrected chi connectivity index (χ4v) is 1.73. The van der Waals surface area contributed by atoms with Crippen LogP contribution in [-0.2, 0) is 0 Å². The maximum absolute atomic E-state index is 9.50. The average Bonchev–Trinajstić information content (AvgIpc) is 2.60. The van der Waals surface area contributed by atoms with Crippen molar-refractivity contribution in [2.24, 2.45) is 0 Å². The first-order chi connectivity index (χ1) is 6.33. The van der Waals surface area contributed by atoms with E-state index >= 15 is 0 Å². The second kappa shape index (κ2) is 3.32. The quantitative estimate of drug-likeness (QED) is 0.709. The second-order valence-electron chi connectivity index (χ2n) is 3.26. The summed E-state index contributed by atoms with van der Waals surface area (Å²) in [7, 11) is 0. The van der Waals surface area contributed by atoms with Crippen molar-refractivity contribution in [3.63, 3.8) is 0 Å². The van der Waals surface area contributed by atoms with Gasteiger partial charge in [0.1, 0.15) is 0 Å². The van der Waals surface area contributed by atoms with E-state index in [-0.39, 0.29) is 12.5 Å². The third kappa shape index (κ3) is 1.39. The molecule has 0 spiro atoms. The van der Waals surface area contributed by atoms with Crippen molar-refractivity contribution in [2.45, 2.75) is 12.0 Å². The highest BCUT2D eigenvalue weighted by Gasteiger charge is 2.23. The van der Waals surface area contributed by atoms with Gasteiger partial charge in [0.25, 0.3) is 0 Å². The van der Waals surface area contributed by atoms with Gasteiger partial charge in [-0.15, -0.1) is 0 Å². The Labute approximate surface area is 77.1 Å². The van der Waals surface area contributed by atoms with Crippen molar-refractivity contribution >= 4 is 6.08 Å². The Kier molecular flexibility index (Phi) is 2.17. The largest absolute Gasteiger partial charge is 0.394 e. The number of hydrogen-bond acceptors (Lipinski definition) is 2. The molecule has 1 aliphatic rings. The summed E-state index contributed by atoms with van der Waals surface area (Å²) in [6.07, 6.45) is 3.24. The molecule has 0 fully saturated rings. The molecule has 0 radical (unpaired) electrons. The molecule has 0 aliphatic heterocycles. The Morgan fingerprint density at radius 1 is 1.31 bits per heavy atom. The molecule has 2 N–H and O–H groups in total. The first-order valence-electron chi connectivity index (χ1n) is 4.39. The first kappa shape index (κ1) is 8.48. The van der Waals surface area contributed by atoms with E-state index in [1.807, 2.05) is 36.4 Å². The molecule has 13 heavy (non-hydrogen) atoms. The maximum Gasteiger partial charge on any atom is 0.0874 e. The molecule has 2 rings (SSSR count). The average molecular weight is 176 g/mol. The zero-order valence-corrected chi connectivity index (χ0v) is 7.22. The minimum Gasteiger partial charge on any atom is -0.394 e. The molecule has 1 aromatic rings. The van der Waals surface area contributed by atoms with Crippen LogP contribution in [0, 0.1) is 0 Å². The number of rotatable bonds is 2. The van der Waals surface area contributed by atoms with Gasteiger partial charge in [0.15, 0.2) is 0 Å². The van der Waals surface area contributed by atoms with Crippen molar-refractivity contribution in [1.82, 2.24) is 0 Å². The number of benzene rings is 1. The highest BCUT2D eigenvalue weighted by atomic mass is 16.3. The summed E-state index contributed by atoms with van der Waals surface area (Å²) < 4.78 is 0. The van der Waals surface area contributed by atoms with Crippen molar-refractivity contribution < 1.29 is 10.2 Å². The second-order valence-corrected chi connectivity index (χ2v) is 3.26. The van der Waals surface area contributed by atoms with Gasteiger partial charge in [0, 0.05) is 5.92 Å². The van der Waals surface area contributed by atoms with Gasteiger partial charge in [-0.2, -0.15) is 0 Å². The monoisotopic (exact) mass is 176 g/mol. The molecule has 0 bridgehead atoms. The molecule has 2 atom stereocenters. The lowest BCUT2D eigenvalue weighted by molar-refractivity contribution is 0.0847. The lowest BCUT2D eigenvalue weighted by Gasteiger charge is -2.15. The maximum atomic E-state index is 9.50. The van der Waals surface area contributed by atoms with E-state index in [2.05, 4.69) is 0 Å². The minimum atomic E-state index is -0.681. The topological polar surface area (TPSA) is 40.5 Å². The van der Waals surface area contributed by atoms with E-state index in [1.165, 1.54) is 0 Å². The van der Waals surface area contributed by atoms with Gasteiger partial charge in [-0.05, 0) is 11.1 Å². The van der Waals surface area contributed by atoms with Crippen LogP contribution in [0.5, 0.6) is 0 Å². The molecule has 0 saturated heterocycles. The highest BCUT2D eigenvalue weighted by molar-refractivity contribution is 5.62. The molecule has 68 valence electrons. The molecule has 0 amide bonds. The summed E-state index contributed by atoms with van der Waals surface area (Å²) in [5, 5.41) is 18.3. The zero-order chi connectivity index (χ0) is 9.26. The number of hydrogen-bond donors (Lipinski definition) is 2. The summed E-state index contributed by atoms with van der Waals surface area (Å²) in [6.45, 7) is -0.191. The molecule has 0 aromatic heterocycles. The van der Waals surface area contributed by atoms with Crippen molar-refractivity contribution in [1.29, 1.82) is 0 Å². The van der Waals surface area contributed by atoms with Gasteiger partial charge in [0.2, 0.25) is 0 Å². The normalized spacial score (nSPS) is 21.5. The van der Waals surface area contributed by atoms with E-state index in [0.717, 1.165) is 11.1 Å². The van der Waals surface area contributed by atoms with Crippen LogP contribution in [0.15, 0.2) is 30.3 Å². The summed E-state index contributed by atoms with van der Waals surface area (Å²) in [5.41, 5.74) is 2.24. The van der Waals surface area contributed by atoms with Gasteiger partial charge in [-0.3, -0.25) is 0 Å². The van der Waals surface area contributed by atoms with Crippen LogP contribution in [0.4, 0.5) is 0 Å². The molecule has 1 aromatic carbocycles. The molecule has 2 heteroatoms. The van der Waals surface area contributed by atoms with Crippen LogP contribution in [0.1, 0.15) is 17.0 Å². The van der Waals surface area contributed by atoms with E-state index in [0.29, 0.717) is 0 Å². The Morgan fingerprint density at radius 2 is 2.08 bits per heavy atom. The highest BCUT2D eigenvalue weighted by Crippen LogP contribution is 2.31. The van der Waals surface area contributed by atoms with E-state index in [1.54, 1.807) is 0 Å². The Hall–Kier alpha value is -1.12. The number of fused-ring (bicyclic) bond motifs is 1. The van der Waals surface area contributed by atoms with Crippen LogP contribution >= 0.6 is 0 Å². The summed E-state index contributed by atoms with van der Waals surface area (Å²) in [4.78, 5) is 0. The molecular formula is C11H12O2. The van der Waals surface area contributed by atoms with Gasteiger partial charge in [-0.25, -0.2) is 0 Å². The fourth-order valence-electron chi connectivity index (χ4n) is 1.73. The number of aliphatic hydroxyl groups is 2. The van der Waals surface area contributed by atoms with Crippen LogP contribution in [0.25, 0.3) is 6.08 Å². The van der Waals surface area contributed by atoms with E-state index < -0.39 is 6.10 Å². The van der Waals surface area contributed by atoms with Crippen LogP contribution in [-0.4, -0.2) is 22.9 Å². The SMILES string of the molecule is OCC(O)C1C=Cc2ccccc21. The van der Waals surface area contributed by atoms with E-state index in [9.17, 15) is 5.11 Å². The summed E-state index contributed by atoms with van der Waals surface area (Å²) in [6, 6.07) is 7.91. The lowest BCUT2D eigenvalue weighted by atomic mass is 9.96. The summed E-state index contributed by atoms with van der Waals surface area (Å²) in [5.74, 6) is -0.0406. The Morgan fingerprint density at radius 3 is 2.85 bits per heavy atom. The first-order valence-corrected chi connectivity index (χ1v) is 4.39. The molecule has 2 unspecified atom stereocenters. The van der Waals surface area contributed by atoms with Crippen molar-refractivity contribution in [3.05, 3.63) is 41.5 Å². The van der Waals surface area contributed by atoms with Crippen LogP contribution in [0.2, 0.25) is 0 Å². The zero-order valence-electron chi connectivity index (χ0n) is 7.22. The molecule has 0 saturated carbocycles. The Balaban J connectivity index is 2.33. The predicted octanol–water partition coefficient (Wildman–Crippen LogP) is 1.15. The van der Waals surface area contributed by atoms with Gasteiger partial charge < -0.3 is 10.2 Å². The fraction of sp³-hybridized carbons (Fsp3) is 0.273. The number of aliphatic hydroxyl groups excluding tert-OH is 2. The van der Waals surface area contributed by atoms with Gasteiger partial charge in [-0.1, -0.05) is 36.4 Å². The smallest absolute Gasteiger partial charge is 0.0874 e. The molecular weight excluding hydrogens is 164 g/mol. The standard InChI is InChI=1S/C11H12O2/c12-7-11(13)10-6-5-8-3-1-2-4-9(8)10/h1-6,10-13H,7H2. The van der Waals surface area contributed by atoms with Crippen LogP contribution < -0.4 is 0 Å². The third-order valence-corrected chi connectivity index (χ3v) is 2.44. The van der Waals surface area contributed by atoms with Crippen LogP contribution in [0.3, 0.4) is 0 Å². The lowest BCUT2D eigenvalue weighted by Crippen LogP contribution is -2.19. The van der Waals surface area contributed by atoms with E-state index in [4.69, 9.17) is 5.11 Å². The molecule has 0 heterocycles. The van der Waals surface area contributed by atoms with Crippen molar-refractivity contribution in [2.75, 3.05) is 6.61 Å². The molecule has 2 nitrogen and oxygen atoms in total.